The maximum atomic E-state index is 13.1. The van der Waals surface area contributed by atoms with Crippen molar-refractivity contribution in [3.05, 3.63) is 74.0 Å². The van der Waals surface area contributed by atoms with E-state index in [4.69, 9.17) is 0 Å². The number of rotatable bonds is 1. The Morgan fingerprint density at radius 1 is 0.733 bits per heavy atom. The Hall–Kier alpha value is -3.49. The second-order valence-electron chi connectivity index (χ2n) is 7.46. The third kappa shape index (κ3) is 2.51. The molecule has 5 rings (SSSR count). The van der Waals surface area contributed by atoms with Gasteiger partial charge in [-0.2, -0.15) is 8.42 Å². The molecule has 0 aliphatic heterocycles. The summed E-state index contributed by atoms with van der Waals surface area (Å²) in [7, 11) is -4.57. The molecule has 150 valence electrons. The third-order valence-corrected chi connectivity index (χ3v) is 6.58. The summed E-state index contributed by atoms with van der Waals surface area (Å²) in [6.45, 7) is 3.43. The highest BCUT2D eigenvalue weighted by molar-refractivity contribution is 7.86. The Bertz CT molecular complexity index is 1780. The van der Waals surface area contributed by atoms with Crippen molar-refractivity contribution in [3.63, 3.8) is 0 Å². The summed E-state index contributed by atoms with van der Waals surface area (Å²) in [5.74, 6) is 0. The average Bonchev–Trinajstić information content (AvgIpc) is 2.67. The number of fused-ring (bicyclic) bond motifs is 4. The number of para-hydroxylation sites is 1. The zero-order chi connectivity index (χ0) is 21.4. The fourth-order valence-electron chi connectivity index (χ4n) is 4.10. The van der Waals surface area contributed by atoms with Gasteiger partial charge in [-0.3, -0.25) is 14.1 Å². The number of hydrogen-bond donors (Lipinski definition) is 3. The Morgan fingerprint density at radius 2 is 1.30 bits per heavy atom. The SMILES string of the molecule is Cc1ccc2c(=O)c3cc4[nH]c5c(C)cccc5c(=O)c4cc3[nH]c2c1S(=O)(=O)O. The van der Waals surface area contributed by atoms with Gasteiger partial charge in [-0.1, -0.05) is 18.2 Å². The van der Waals surface area contributed by atoms with Crippen molar-refractivity contribution in [1.29, 1.82) is 0 Å². The highest BCUT2D eigenvalue weighted by atomic mass is 32.2. The highest BCUT2D eigenvalue weighted by Crippen LogP contribution is 2.27. The molecule has 0 aliphatic rings. The van der Waals surface area contributed by atoms with Crippen LogP contribution in [0.4, 0.5) is 0 Å². The Balaban J connectivity index is 2.03. The van der Waals surface area contributed by atoms with E-state index in [0.717, 1.165) is 5.56 Å². The summed E-state index contributed by atoms with van der Waals surface area (Å²) in [5.41, 5.74) is 2.18. The molecule has 2 heterocycles. The topological polar surface area (TPSA) is 120 Å². The fraction of sp³-hybridized carbons (Fsp3) is 0.0909. The van der Waals surface area contributed by atoms with Gasteiger partial charge in [0.2, 0.25) is 0 Å². The first-order chi connectivity index (χ1) is 14.2. The number of pyridine rings is 2. The van der Waals surface area contributed by atoms with Gasteiger partial charge in [-0.15, -0.1) is 0 Å². The normalized spacial score (nSPS) is 12.4. The first-order valence-electron chi connectivity index (χ1n) is 9.19. The predicted molar refractivity (Wildman–Crippen MR) is 117 cm³/mol. The molecular formula is C22H16N2O5S. The monoisotopic (exact) mass is 420 g/mol. The van der Waals surface area contributed by atoms with Crippen molar-refractivity contribution in [3.8, 4) is 0 Å². The molecule has 7 nitrogen and oxygen atoms in total. The summed E-state index contributed by atoms with van der Waals surface area (Å²) in [6.07, 6.45) is 0. The maximum absolute atomic E-state index is 13.1. The van der Waals surface area contributed by atoms with Gasteiger partial charge in [0.05, 0.1) is 22.1 Å². The van der Waals surface area contributed by atoms with Crippen LogP contribution in [0, 0.1) is 13.8 Å². The molecule has 8 heteroatoms. The molecule has 0 atom stereocenters. The second kappa shape index (κ2) is 6.01. The third-order valence-electron chi connectivity index (χ3n) is 5.54. The number of nitrogens with one attached hydrogen (secondary N) is 2. The van der Waals surface area contributed by atoms with Crippen LogP contribution < -0.4 is 10.9 Å². The molecule has 0 amide bonds. The fourth-order valence-corrected chi connectivity index (χ4v) is 4.99. The molecular weight excluding hydrogens is 404 g/mol. The van der Waals surface area contributed by atoms with Crippen molar-refractivity contribution in [2.24, 2.45) is 0 Å². The van der Waals surface area contributed by atoms with Crippen LogP contribution in [-0.4, -0.2) is 22.9 Å². The summed E-state index contributed by atoms with van der Waals surface area (Å²) >= 11 is 0. The van der Waals surface area contributed by atoms with E-state index >= 15 is 0 Å². The quantitative estimate of drug-likeness (QED) is 0.283. The lowest BCUT2D eigenvalue weighted by molar-refractivity contribution is 0.483. The lowest BCUT2D eigenvalue weighted by Gasteiger charge is -2.11. The molecule has 3 aromatic carbocycles. The highest BCUT2D eigenvalue weighted by Gasteiger charge is 2.20. The van der Waals surface area contributed by atoms with E-state index in [1.807, 2.05) is 13.0 Å². The smallest absolute Gasteiger partial charge is 0.296 e. The van der Waals surface area contributed by atoms with Crippen LogP contribution in [0.2, 0.25) is 0 Å². The second-order valence-corrected chi connectivity index (χ2v) is 8.82. The maximum Gasteiger partial charge on any atom is 0.296 e. The number of H-pyrrole nitrogens is 2. The number of aromatic nitrogens is 2. The molecule has 30 heavy (non-hydrogen) atoms. The minimum atomic E-state index is -4.57. The molecule has 2 aromatic heterocycles. The van der Waals surface area contributed by atoms with E-state index in [-0.39, 0.29) is 21.2 Å². The molecule has 0 spiro atoms. The summed E-state index contributed by atoms with van der Waals surface area (Å²) in [5, 5.41) is 1.35. The van der Waals surface area contributed by atoms with Crippen molar-refractivity contribution in [1.82, 2.24) is 9.97 Å². The van der Waals surface area contributed by atoms with Crippen LogP contribution in [-0.2, 0) is 10.1 Å². The van der Waals surface area contributed by atoms with Crippen LogP contribution >= 0.6 is 0 Å². The van der Waals surface area contributed by atoms with E-state index in [1.165, 1.54) is 19.1 Å². The minimum Gasteiger partial charge on any atom is -0.354 e. The Labute approximate surface area is 169 Å². The molecule has 0 radical (unpaired) electrons. The average molecular weight is 420 g/mol. The van der Waals surface area contributed by atoms with E-state index < -0.39 is 15.5 Å². The zero-order valence-corrected chi connectivity index (χ0v) is 16.8. The van der Waals surface area contributed by atoms with Gasteiger partial charge in [0.1, 0.15) is 4.90 Å². The number of benzene rings is 3. The van der Waals surface area contributed by atoms with E-state index in [9.17, 15) is 22.6 Å². The lowest BCUT2D eigenvalue weighted by atomic mass is 10.0. The lowest BCUT2D eigenvalue weighted by Crippen LogP contribution is -2.11. The molecule has 0 saturated heterocycles. The minimum absolute atomic E-state index is 0.0161. The Morgan fingerprint density at radius 3 is 1.90 bits per heavy atom. The number of aromatic amines is 2. The van der Waals surface area contributed by atoms with Gasteiger partial charge in [-0.25, -0.2) is 0 Å². The van der Waals surface area contributed by atoms with Crippen LogP contribution in [0.1, 0.15) is 11.1 Å². The van der Waals surface area contributed by atoms with E-state index in [1.54, 1.807) is 24.3 Å². The van der Waals surface area contributed by atoms with Crippen molar-refractivity contribution < 1.29 is 13.0 Å². The largest absolute Gasteiger partial charge is 0.354 e. The molecule has 0 unspecified atom stereocenters. The van der Waals surface area contributed by atoms with Gasteiger partial charge in [0.25, 0.3) is 10.1 Å². The first-order valence-corrected chi connectivity index (χ1v) is 10.6. The summed E-state index contributed by atoms with van der Waals surface area (Å²) in [4.78, 5) is 32.1. The van der Waals surface area contributed by atoms with Gasteiger partial charge in [0, 0.05) is 21.5 Å². The summed E-state index contributed by atoms with van der Waals surface area (Å²) in [6, 6.07) is 11.6. The van der Waals surface area contributed by atoms with E-state index in [0.29, 0.717) is 38.3 Å². The van der Waals surface area contributed by atoms with Crippen molar-refractivity contribution >= 4 is 53.7 Å². The number of hydrogen-bond acceptors (Lipinski definition) is 4. The molecule has 3 N–H and O–H groups in total. The summed E-state index contributed by atoms with van der Waals surface area (Å²) < 4.78 is 33.6. The van der Waals surface area contributed by atoms with Crippen LogP contribution in [0.15, 0.2) is 56.9 Å². The predicted octanol–water partition coefficient (Wildman–Crippen LogP) is 3.54. The number of aryl methyl sites for hydroxylation is 2. The van der Waals surface area contributed by atoms with E-state index in [2.05, 4.69) is 9.97 Å². The zero-order valence-electron chi connectivity index (χ0n) is 16.0. The molecule has 0 bridgehead atoms. The van der Waals surface area contributed by atoms with Crippen LogP contribution in [0.25, 0.3) is 43.6 Å². The molecule has 5 aromatic rings. The van der Waals surface area contributed by atoms with Gasteiger partial charge < -0.3 is 9.97 Å². The molecule has 0 fully saturated rings. The first kappa shape index (κ1) is 18.5. The van der Waals surface area contributed by atoms with Gasteiger partial charge >= 0.3 is 0 Å². The Kier molecular flexibility index (Phi) is 3.71. The van der Waals surface area contributed by atoms with Gasteiger partial charge in [0.15, 0.2) is 10.9 Å². The van der Waals surface area contributed by atoms with Crippen LogP contribution in [0.5, 0.6) is 0 Å². The molecule has 0 saturated carbocycles. The van der Waals surface area contributed by atoms with Crippen molar-refractivity contribution in [2.75, 3.05) is 0 Å². The van der Waals surface area contributed by atoms with Gasteiger partial charge in [-0.05, 0) is 49.2 Å². The molecule has 0 aliphatic carbocycles. The van der Waals surface area contributed by atoms with Crippen LogP contribution in [0.3, 0.4) is 0 Å². The standard InChI is InChI=1S/C22H16N2O5S/c1-10-4-3-5-12-18(10)23-16-8-15-17(9-14(16)20(12)25)24-19-13(21(15)26)7-6-11(2)22(19)30(27,28)29/h3-9H,1-2H3,(H,23,25)(H,24,26)(H,27,28,29). The van der Waals surface area contributed by atoms with Crippen molar-refractivity contribution in [2.45, 2.75) is 18.7 Å².